The molecule has 7 heteroatoms. The number of anilines is 2. The summed E-state index contributed by atoms with van der Waals surface area (Å²) in [7, 11) is 0. The average Bonchev–Trinajstić information content (AvgIpc) is 3.29. The first-order chi connectivity index (χ1) is 15.4. The van der Waals surface area contributed by atoms with Gasteiger partial charge < -0.3 is 10.4 Å². The van der Waals surface area contributed by atoms with Crippen LogP contribution >= 0.6 is 0 Å². The van der Waals surface area contributed by atoms with Crippen LogP contribution < -0.4 is 5.32 Å². The first-order valence-corrected chi connectivity index (χ1v) is 10.5. The van der Waals surface area contributed by atoms with Crippen molar-refractivity contribution in [3.63, 3.8) is 0 Å². The monoisotopic (exact) mass is 427 g/mol. The molecule has 2 aromatic carbocycles. The van der Waals surface area contributed by atoms with E-state index in [9.17, 15) is 4.79 Å². The van der Waals surface area contributed by atoms with Gasteiger partial charge in [0.15, 0.2) is 0 Å². The number of rotatable bonds is 7. The molecule has 0 radical (unpaired) electrons. The van der Waals surface area contributed by atoms with E-state index in [1.165, 1.54) is 5.56 Å². The summed E-state index contributed by atoms with van der Waals surface area (Å²) >= 11 is 0. The summed E-state index contributed by atoms with van der Waals surface area (Å²) in [5, 5.41) is 21.2. The van der Waals surface area contributed by atoms with Crippen LogP contribution in [0.1, 0.15) is 46.9 Å². The Morgan fingerprint density at radius 1 is 1.12 bits per heavy atom. The molecule has 0 saturated heterocycles. The second-order valence-electron chi connectivity index (χ2n) is 7.80. The molecule has 0 fully saturated rings. The summed E-state index contributed by atoms with van der Waals surface area (Å²) in [6.45, 7) is 6.17. The van der Waals surface area contributed by atoms with Crippen LogP contribution in [0, 0.1) is 6.92 Å². The van der Waals surface area contributed by atoms with Crippen molar-refractivity contribution in [1.82, 2.24) is 20.0 Å². The molecule has 32 heavy (non-hydrogen) atoms. The zero-order valence-corrected chi connectivity index (χ0v) is 18.3. The average molecular weight is 428 g/mol. The fourth-order valence-electron chi connectivity index (χ4n) is 3.57. The van der Waals surface area contributed by atoms with Crippen LogP contribution in [0.5, 0.6) is 0 Å². The van der Waals surface area contributed by atoms with E-state index in [0.717, 1.165) is 40.3 Å². The second kappa shape index (κ2) is 9.01. The van der Waals surface area contributed by atoms with Gasteiger partial charge in [-0.15, -0.1) is 5.10 Å². The summed E-state index contributed by atoms with van der Waals surface area (Å²) in [5.74, 6) is -0.129. The van der Waals surface area contributed by atoms with Crippen molar-refractivity contribution in [2.45, 2.75) is 33.2 Å². The summed E-state index contributed by atoms with van der Waals surface area (Å²) in [5.41, 5.74) is 6.21. The van der Waals surface area contributed by atoms with E-state index in [4.69, 9.17) is 5.11 Å². The minimum atomic E-state index is -0.937. The second-order valence-corrected chi connectivity index (χ2v) is 7.80. The number of carbonyl (C=O) groups is 1. The molecule has 0 bridgehead atoms. The van der Waals surface area contributed by atoms with Crippen LogP contribution in [0.2, 0.25) is 0 Å². The van der Waals surface area contributed by atoms with Crippen molar-refractivity contribution < 1.29 is 9.90 Å². The Morgan fingerprint density at radius 2 is 1.91 bits per heavy atom. The third-order valence-electron chi connectivity index (χ3n) is 5.43. The van der Waals surface area contributed by atoms with Gasteiger partial charge in [0, 0.05) is 17.4 Å². The molecule has 7 nitrogen and oxygen atoms in total. The molecule has 1 unspecified atom stereocenters. The Kier molecular flexibility index (Phi) is 5.98. The molecule has 0 saturated carbocycles. The first-order valence-electron chi connectivity index (χ1n) is 10.5. The van der Waals surface area contributed by atoms with E-state index in [-0.39, 0.29) is 11.6 Å². The lowest BCUT2D eigenvalue weighted by molar-refractivity contribution is 0.0697. The molecule has 2 heterocycles. The van der Waals surface area contributed by atoms with Gasteiger partial charge in [0.2, 0.25) is 0 Å². The maximum Gasteiger partial charge on any atom is 0.335 e. The number of benzene rings is 2. The lowest BCUT2D eigenvalue weighted by Gasteiger charge is -2.12. The molecule has 0 aliphatic rings. The van der Waals surface area contributed by atoms with Gasteiger partial charge in [-0.05, 0) is 79.4 Å². The minimum absolute atomic E-state index is 0.0810. The smallest absolute Gasteiger partial charge is 0.335 e. The number of nitrogens with one attached hydrogen (secondary N) is 1. The molecular weight excluding hydrogens is 402 g/mol. The highest BCUT2D eigenvalue weighted by molar-refractivity contribution is 5.87. The number of aromatic nitrogens is 4. The zero-order chi connectivity index (χ0) is 22.7. The van der Waals surface area contributed by atoms with Gasteiger partial charge in [-0.3, -0.25) is 0 Å². The number of carboxylic acid groups (broad SMARTS) is 1. The highest BCUT2D eigenvalue weighted by Gasteiger charge is 2.13. The Labute approximate surface area is 186 Å². The van der Waals surface area contributed by atoms with Crippen molar-refractivity contribution in [2.24, 2.45) is 0 Å². The molecule has 162 valence electrons. The van der Waals surface area contributed by atoms with E-state index in [1.807, 2.05) is 50.5 Å². The number of carboxylic acids is 1. The molecule has 1 atom stereocenters. The molecular formula is C25H25N5O2. The van der Waals surface area contributed by atoms with Gasteiger partial charge in [0.05, 0.1) is 17.8 Å². The quantitative estimate of drug-likeness (QED) is 0.418. The first kappa shape index (κ1) is 21.2. The number of hydrogen-bond acceptors (Lipinski definition) is 5. The Morgan fingerprint density at radius 3 is 2.62 bits per heavy atom. The Bertz CT molecular complexity index is 1250. The fourth-order valence-corrected chi connectivity index (χ4v) is 3.57. The van der Waals surface area contributed by atoms with Crippen LogP contribution in [0.3, 0.4) is 0 Å². The van der Waals surface area contributed by atoms with Crippen LogP contribution in [-0.4, -0.2) is 31.1 Å². The molecule has 4 rings (SSSR count). The van der Waals surface area contributed by atoms with Crippen molar-refractivity contribution in [2.75, 3.05) is 5.32 Å². The zero-order valence-electron chi connectivity index (χ0n) is 18.3. The van der Waals surface area contributed by atoms with E-state index < -0.39 is 5.97 Å². The van der Waals surface area contributed by atoms with Crippen molar-refractivity contribution in [3.8, 4) is 11.3 Å². The SMILES string of the molecule is CCc1ccnc(Nc2cc(C)cc(-c3cn(C(C)c4ccc(C(=O)O)cc4)nn3)c2)c1. The third-order valence-corrected chi connectivity index (χ3v) is 5.43. The summed E-state index contributed by atoms with van der Waals surface area (Å²) in [6.07, 6.45) is 4.68. The minimum Gasteiger partial charge on any atom is -0.478 e. The van der Waals surface area contributed by atoms with Gasteiger partial charge in [-0.2, -0.15) is 0 Å². The topological polar surface area (TPSA) is 92.9 Å². The van der Waals surface area contributed by atoms with Crippen LogP contribution in [0.4, 0.5) is 11.5 Å². The predicted octanol–water partition coefficient (Wildman–Crippen LogP) is 5.26. The van der Waals surface area contributed by atoms with Crippen LogP contribution in [-0.2, 0) is 6.42 Å². The summed E-state index contributed by atoms with van der Waals surface area (Å²) < 4.78 is 1.78. The molecule has 2 N–H and O–H groups in total. The van der Waals surface area contributed by atoms with Crippen LogP contribution in [0.25, 0.3) is 11.3 Å². The normalized spacial score (nSPS) is 11.8. The highest BCUT2D eigenvalue weighted by atomic mass is 16.4. The maximum atomic E-state index is 11.1. The number of hydrogen-bond donors (Lipinski definition) is 2. The van der Waals surface area contributed by atoms with Crippen molar-refractivity contribution in [1.29, 1.82) is 0 Å². The van der Waals surface area contributed by atoms with E-state index in [1.54, 1.807) is 16.8 Å². The van der Waals surface area contributed by atoms with Gasteiger partial charge in [-0.25, -0.2) is 14.5 Å². The summed E-state index contributed by atoms with van der Waals surface area (Å²) in [4.78, 5) is 15.5. The molecule has 0 spiro atoms. The molecule has 0 aliphatic carbocycles. The Balaban J connectivity index is 1.57. The Hall–Kier alpha value is -4.00. The van der Waals surface area contributed by atoms with Gasteiger partial charge in [-0.1, -0.05) is 24.3 Å². The van der Waals surface area contributed by atoms with Crippen molar-refractivity contribution in [3.05, 3.63) is 89.2 Å². The number of aromatic carboxylic acids is 1. The van der Waals surface area contributed by atoms with E-state index in [2.05, 4.69) is 45.7 Å². The third kappa shape index (κ3) is 4.67. The molecule has 4 aromatic rings. The number of aryl methyl sites for hydroxylation is 2. The number of pyridine rings is 1. The van der Waals surface area contributed by atoms with Crippen LogP contribution in [0.15, 0.2) is 67.0 Å². The van der Waals surface area contributed by atoms with Crippen molar-refractivity contribution >= 4 is 17.5 Å². The molecule has 2 aromatic heterocycles. The molecule has 0 amide bonds. The van der Waals surface area contributed by atoms with E-state index >= 15 is 0 Å². The largest absolute Gasteiger partial charge is 0.478 e. The standard InChI is InChI=1S/C25H25N5O2/c1-4-18-9-10-26-24(13-18)27-22-12-16(2)11-21(14-22)23-15-30(29-28-23)17(3)19-5-7-20(8-6-19)25(31)32/h5-15,17H,4H2,1-3H3,(H,26,27)(H,31,32). The lowest BCUT2D eigenvalue weighted by Crippen LogP contribution is -2.08. The van der Waals surface area contributed by atoms with Gasteiger partial charge in [0.25, 0.3) is 0 Å². The van der Waals surface area contributed by atoms with Gasteiger partial charge in [0.1, 0.15) is 11.5 Å². The molecule has 0 aliphatic heterocycles. The van der Waals surface area contributed by atoms with Gasteiger partial charge >= 0.3 is 5.97 Å². The fraction of sp³-hybridized carbons (Fsp3) is 0.200. The summed E-state index contributed by atoms with van der Waals surface area (Å²) in [6, 6.07) is 17.0. The van der Waals surface area contributed by atoms with E-state index in [0.29, 0.717) is 0 Å². The predicted molar refractivity (Wildman–Crippen MR) is 124 cm³/mol. The highest BCUT2D eigenvalue weighted by Crippen LogP contribution is 2.26. The number of nitrogens with zero attached hydrogens (tertiary/aromatic N) is 4. The maximum absolute atomic E-state index is 11.1. The lowest BCUT2D eigenvalue weighted by atomic mass is 10.1.